The van der Waals surface area contributed by atoms with E-state index in [0.29, 0.717) is 13.2 Å². The minimum atomic E-state index is -0.156. The van der Waals surface area contributed by atoms with Crippen LogP contribution in [0.2, 0.25) is 0 Å². The number of nitrogens with zero attached hydrogens (tertiary/aromatic N) is 1. The van der Waals surface area contributed by atoms with E-state index in [4.69, 9.17) is 4.74 Å². The maximum Gasteiger partial charge on any atom is 0.326 e. The lowest BCUT2D eigenvalue weighted by Crippen LogP contribution is -2.40. The summed E-state index contributed by atoms with van der Waals surface area (Å²) in [4.78, 5) is 14.2. The van der Waals surface area contributed by atoms with Crippen LogP contribution < -0.4 is 15.0 Å². The summed E-state index contributed by atoms with van der Waals surface area (Å²) >= 11 is 3.43. The number of ether oxygens (including phenoxy) is 1. The number of urea groups is 1. The van der Waals surface area contributed by atoms with E-state index < -0.39 is 0 Å². The molecule has 0 spiro atoms. The second-order valence-corrected chi connectivity index (χ2v) is 5.74. The third-order valence-electron chi connectivity index (χ3n) is 3.34. The zero-order chi connectivity index (χ0) is 14.8. The number of hydrogen-bond donors (Lipinski definition) is 1. The fourth-order valence-electron chi connectivity index (χ4n) is 2.28. The van der Waals surface area contributed by atoms with Gasteiger partial charge in [0.25, 0.3) is 0 Å². The van der Waals surface area contributed by atoms with Crippen molar-refractivity contribution < 1.29 is 9.53 Å². The van der Waals surface area contributed by atoms with Gasteiger partial charge >= 0.3 is 6.03 Å². The highest BCUT2D eigenvalue weighted by Gasteiger charge is 2.24. The molecule has 0 bridgehead atoms. The number of nitrogens with one attached hydrogen (secondary N) is 1. The van der Waals surface area contributed by atoms with E-state index in [1.54, 1.807) is 4.90 Å². The Morgan fingerprint density at radius 3 is 2.90 bits per heavy atom. The first-order valence-electron chi connectivity index (χ1n) is 6.71. The first kappa shape index (κ1) is 13.9. The molecule has 2 aromatic carbocycles. The molecule has 0 saturated carbocycles. The Hall–Kier alpha value is -2.01. The molecule has 0 radical (unpaired) electrons. The van der Waals surface area contributed by atoms with Crippen LogP contribution in [0.3, 0.4) is 0 Å². The minimum absolute atomic E-state index is 0.156. The monoisotopic (exact) mass is 346 g/mol. The SMILES string of the molecule is Cc1ccc2c(c1)N(C(=O)Nc1ccccc1Br)CCO2. The van der Waals surface area contributed by atoms with E-state index in [1.807, 2.05) is 49.4 Å². The van der Waals surface area contributed by atoms with E-state index in [0.717, 1.165) is 27.2 Å². The molecule has 0 saturated heterocycles. The number of para-hydroxylation sites is 1. The number of aryl methyl sites for hydroxylation is 1. The molecule has 5 heteroatoms. The summed E-state index contributed by atoms with van der Waals surface area (Å²) in [6.45, 7) is 3.03. The summed E-state index contributed by atoms with van der Waals surface area (Å²) in [5, 5.41) is 2.92. The molecule has 0 aliphatic carbocycles. The van der Waals surface area contributed by atoms with Crippen LogP contribution in [0.1, 0.15) is 5.56 Å². The van der Waals surface area contributed by atoms with Gasteiger partial charge in [-0.2, -0.15) is 0 Å². The van der Waals surface area contributed by atoms with Crippen molar-refractivity contribution >= 4 is 33.3 Å². The lowest BCUT2D eigenvalue weighted by Gasteiger charge is -2.30. The summed E-state index contributed by atoms with van der Waals surface area (Å²) < 4.78 is 6.46. The number of fused-ring (bicyclic) bond motifs is 1. The summed E-state index contributed by atoms with van der Waals surface area (Å²) in [5.41, 5.74) is 2.66. The molecule has 0 unspecified atom stereocenters. The number of anilines is 2. The third-order valence-corrected chi connectivity index (χ3v) is 4.03. The number of rotatable bonds is 1. The van der Waals surface area contributed by atoms with E-state index in [9.17, 15) is 4.79 Å². The molecule has 1 aliphatic rings. The highest BCUT2D eigenvalue weighted by molar-refractivity contribution is 9.10. The Labute approximate surface area is 131 Å². The molecule has 3 rings (SSSR count). The molecule has 1 N–H and O–H groups in total. The Kier molecular flexibility index (Phi) is 3.84. The smallest absolute Gasteiger partial charge is 0.326 e. The predicted molar refractivity (Wildman–Crippen MR) is 87.2 cm³/mol. The summed E-state index contributed by atoms with van der Waals surface area (Å²) in [7, 11) is 0. The van der Waals surface area contributed by atoms with Crippen LogP contribution in [0.25, 0.3) is 0 Å². The van der Waals surface area contributed by atoms with Crippen LogP contribution in [-0.2, 0) is 0 Å². The number of amides is 2. The second-order valence-electron chi connectivity index (χ2n) is 4.88. The van der Waals surface area contributed by atoms with Crippen molar-refractivity contribution in [3.05, 3.63) is 52.5 Å². The number of carbonyl (C=O) groups is 1. The van der Waals surface area contributed by atoms with Gasteiger partial charge in [0, 0.05) is 4.47 Å². The second kappa shape index (κ2) is 5.77. The molecule has 0 aromatic heterocycles. The fraction of sp³-hybridized carbons (Fsp3) is 0.188. The Bertz CT molecular complexity index is 688. The fourth-order valence-corrected chi connectivity index (χ4v) is 2.67. The maximum absolute atomic E-state index is 12.5. The normalized spacial score (nSPS) is 13.3. The largest absolute Gasteiger partial charge is 0.490 e. The van der Waals surface area contributed by atoms with Crippen molar-refractivity contribution in [2.24, 2.45) is 0 Å². The van der Waals surface area contributed by atoms with E-state index in [-0.39, 0.29) is 6.03 Å². The molecule has 2 amide bonds. The number of benzene rings is 2. The van der Waals surface area contributed by atoms with Gasteiger partial charge in [-0.05, 0) is 52.7 Å². The number of halogens is 1. The van der Waals surface area contributed by atoms with Crippen molar-refractivity contribution in [1.82, 2.24) is 0 Å². The minimum Gasteiger partial charge on any atom is -0.490 e. The maximum atomic E-state index is 12.5. The average Bonchev–Trinajstić information content (AvgIpc) is 2.49. The molecule has 108 valence electrons. The lowest BCUT2D eigenvalue weighted by atomic mass is 10.1. The van der Waals surface area contributed by atoms with E-state index in [1.165, 1.54) is 0 Å². The zero-order valence-electron chi connectivity index (χ0n) is 11.6. The quantitative estimate of drug-likeness (QED) is 0.841. The number of hydrogen-bond acceptors (Lipinski definition) is 2. The molecule has 0 atom stereocenters. The van der Waals surface area contributed by atoms with Crippen LogP contribution in [-0.4, -0.2) is 19.2 Å². The van der Waals surface area contributed by atoms with Crippen molar-refractivity contribution in [3.8, 4) is 5.75 Å². The van der Waals surface area contributed by atoms with E-state index >= 15 is 0 Å². The van der Waals surface area contributed by atoms with Crippen LogP contribution in [0.4, 0.5) is 16.2 Å². The molecular formula is C16H15BrN2O2. The Balaban J connectivity index is 1.87. The molecular weight excluding hydrogens is 332 g/mol. The summed E-state index contributed by atoms with van der Waals surface area (Å²) in [6.07, 6.45) is 0. The van der Waals surface area contributed by atoms with Crippen molar-refractivity contribution in [2.75, 3.05) is 23.4 Å². The highest BCUT2D eigenvalue weighted by Crippen LogP contribution is 2.33. The molecule has 21 heavy (non-hydrogen) atoms. The molecule has 2 aromatic rings. The van der Waals surface area contributed by atoms with E-state index in [2.05, 4.69) is 21.2 Å². The first-order chi connectivity index (χ1) is 10.1. The topological polar surface area (TPSA) is 41.6 Å². The van der Waals surface area contributed by atoms with Gasteiger partial charge in [0.15, 0.2) is 0 Å². The Morgan fingerprint density at radius 2 is 2.10 bits per heavy atom. The van der Waals surface area contributed by atoms with Crippen molar-refractivity contribution in [1.29, 1.82) is 0 Å². The standard InChI is InChI=1S/C16H15BrN2O2/c1-11-6-7-15-14(10-11)19(8-9-21-15)16(20)18-13-5-3-2-4-12(13)17/h2-7,10H,8-9H2,1H3,(H,18,20). The Morgan fingerprint density at radius 1 is 1.29 bits per heavy atom. The van der Waals surface area contributed by atoms with Crippen LogP contribution in [0.15, 0.2) is 46.9 Å². The lowest BCUT2D eigenvalue weighted by molar-refractivity contribution is 0.250. The molecule has 4 nitrogen and oxygen atoms in total. The summed E-state index contributed by atoms with van der Waals surface area (Å²) in [6, 6.07) is 13.2. The van der Waals surface area contributed by atoms with Crippen LogP contribution in [0.5, 0.6) is 5.75 Å². The van der Waals surface area contributed by atoms with Crippen molar-refractivity contribution in [3.63, 3.8) is 0 Å². The van der Waals surface area contributed by atoms with Gasteiger partial charge in [0.1, 0.15) is 12.4 Å². The first-order valence-corrected chi connectivity index (χ1v) is 7.51. The van der Waals surface area contributed by atoms with Gasteiger partial charge in [-0.1, -0.05) is 18.2 Å². The van der Waals surface area contributed by atoms with Crippen molar-refractivity contribution in [2.45, 2.75) is 6.92 Å². The average molecular weight is 347 g/mol. The zero-order valence-corrected chi connectivity index (χ0v) is 13.2. The highest BCUT2D eigenvalue weighted by atomic mass is 79.9. The molecule has 1 aliphatic heterocycles. The van der Waals surface area contributed by atoms with Crippen LogP contribution in [0, 0.1) is 6.92 Å². The van der Waals surface area contributed by atoms with Gasteiger partial charge < -0.3 is 10.1 Å². The summed E-state index contributed by atoms with van der Waals surface area (Å²) in [5.74, 6) is 0.745. The molecule has 1 heterocycles. The van der Waals surface area contributed by atoms with Gasteiger partial charge in [-0.3, -0.25) is 4.90 Å². The van der Waals surface area contributed by atoms with Gasteiger partial charge in [-0.25, -0.2) is 4.79 Å². The van der Waals surface area contributed by atoms with Gasteiger partial charge in [-0.15, -0.1) is 0 Å². The van der Waals surface area contributed by atoms with Crippen LogP contribution >= 0.6 is 15.9 Å². The number of carbonyl (C=O) groups excluding carboxylic acids is 1. The third kappa shape index (κ3) is 2.88. The van der Waals surface area contributed by atoms with Gasteiger partial charge in [0.2, 0.25) is 0 Å². The molecule has 0 fully saturated rings. The van der Waals surface area contributed by atoms with Gasteiger partial charge in [0.05, 0.1) is 17.9 Å². The predicted octanol–water partition coefficient (Wildman–Crippen LogP) is 4.19.